The molecule has 0 bridgehead atoms. The van der Waals surface area contributed by atoms with Crippen molar-refractivity contribution in [2.45, 2.75) is 25.7 Å². The van der Waals surface area contributed by atoms with Gasteiger partial charge in [-0.15, -0.1) is 6.58 Å². The predicted octanol–water partition coefficient (Wildman–Crippen LogP) is 4.00. The van der Waals surface area contributed by atoms with Crippen LogP contribution >= 0.6 is 0 Å². The van der Waals surface area contributed by atoms with Crippen LogP contribution in [0.15, 0.2) is 43.1 Å². The molecule has 2 heteroatoms. The van der Waals surface area contributed by atoms with E-state index in [-0.39, 0.29) is 0 Å². The molecule has 0 amide bonds. The lowest BCUT2D eigenvalue weighted by Crippen LogP contribution is -2.19. The van der Waals surface area contributed by atoms with E-state index in [2.05, 4.69) is 47.8 Å². The largest absolute Gasteiger partial charge is 0.361 e. The van der Waals surface area contributed by atoms with Crippen molar-refractivity contribution >= 4 is 10.9 Å². The van der Waals surface area contributed by atoms with Crippen molar-refractivity contribution in [1.82, 2.24) is 9.88 Å². The van der Waals surface area contributed by atoms with Crippen LogP contribution in [0.2, 0.25) is 0 Å². The Morgan fingerprint density at radius 2 is 2.11 bits per heavy atom. The zero-order valence-corrected chi connectivity index (χ0v) is 11.9. The fraction of sp³-hybridized carbons (Fsp3) is 0.412. The van der Waals surface area contributed by atoms with Crippen LogP contribution in [0.1, 0.15) is 24.8 Å². The summed E-state index contributed by atoms with van der Waals surface area (Å²) in [6, 6.07) is 8.87. The second-order valence-electron chi connectivity index (χ2n) is 5.26. The lowest BCUT2D eigenvalue weighted by Gasteiger charge is -2.13. The maximum absolute atomic E-state index is 3.76. The smallest absolute Gasteiger partial charge is 0.0454 e. The van der Waals surface area contributed by atoms with Gasteiger partial charge in [0.25, 0.3) is 0 Å². The summed E-state index contributed by atoms with van der Waals surface area (Å²) in [6.45, 7) is 5.92. The first kappa shape index (κ1) is 13.9. The van der Waals surface area contributed by atoms with Gasteiger partial charge in [0.1, 0.15) is 0 Å². The number of H-pyrrole nitrogens is 1. The molecule has 0 unspecified atom stereocenters. The van der Waals surface area contributed by atoms with E-state index in [9.17, 15) is 0 Å². The summed E-state index contributed by atoms with van der Waals surface area (Å²) in [5, 5.41) is 1.32. The summed E-state index contributed by atoms with van der Waals surface area (Å²) >= 11 is 0. The third kappa shape index (κ3) is 4.25. The van der Waals surface area contributed by atoms with Crippen LogP contribution in [0.4, 0.5) is 0 Å². The first-order chi connectivity index (χ1) is 9.29. The molecule has 0 fully saturated rings. The summed E-state index contributed by atoms with van der Waals surface area (Å²) in [7, 11) is 2.15. The van der Waals surface area contributed by atoms with Crippen LogP contribution in [-0.2, 0) is 6.42 Å². The van der Waals surface area contributed by atoms with Crippen molar-refractivity contribution in [3.8, 4) is 0 Å². The SMILES string of the molecule is C=CCN(C)CCCCCc1ccc2[nH]ccc2c1. The van der Waals surface area contributed by atoms with Crippen molar-refractivity contribution in [3.63, 3.8) is 0 Å². The molecule has 19 heavy (non-hydrogen) atoms. The van der Waals surface area contributed by atoms with Gasteiger partial charge in [-0.2, -0.15) is 0 Å². The Kier molecular flexibility index (Phi) is 5.22. The average Bonchev–Trinajstić information content (AvgIpc) is 2.86. The molecular weight excluding hydrogens is 232 g/mol. The van der Waals surface area contributed by atoms with Crippen molar-refractivity contribution in [2.75, 3.05) is 20.1 Å². The van der Waals surface area contributed by atoms with Gasteiger partial charge in [-0.1, -0.05) is 18.6 Å². The van der Waals surface area contributed by atoms with Crippen LogP contribution in [0.3, 0.4) is 0 Å². The summed E-state index contributed by atoms with van der Waals surface area (Å²) in [4.78, 5) is 5.55. The maximum atomic E-state index is 3.76. The standard InChI is InChI=1S/C17H24N2/c1-3-12-19(2)13-6-4-5-7-15-8-9-17-16(14-15)10-11-18-17/h3,8-11,14,18H,1,4-7,12-13H2,2H3. The number of fused-ring (bicyclic) bond motifs is 1. The highest BCUT2D eigenvalue weighted by atomic mass is 15.1. The first-order valence-corrected chi connectivity index (χ1v) is 7.15. The Hall–Kier alpha value is -1.54. The molecule has 1 N–H and O–H groups in total. The van der Waals surface area contributed by atoms with E-state index >= 15 is 0 Å². The van der Waals surface area contributed by atoms with Gasteiger partial charge in [-0.3, -0.25) is 0 Å². The molecule has 0 saturated heterocycles. The topological polar surface area (TPSA) is 19.0 Å². The zero-order valence-electron chi connectivity index (χ0n) is 11.9. The lowest BCUT2D eigenvalue weighted by atomic mass is 10.1. The van der Waals surface area contributed by atoms with E-state index in [0.717, 1.165) is 6.54 Å². The van der Waals surface area contributed by atoms with E-state index in [0.29, 0.717) is 0 Å². The van der Waals surface area contributed by atoms with Gasteiger partial charge in [-0.25, -0.2) is 0 Å². The molecule has 2 nitrogen and oxygen atoms in total. The van der Waals surface area contributed by atoms with E-state index < -0.39 is 0 Å². The number of rotatable bonds is 8. The van der Waals surface area contributed by atoms with Gasteiger partial charge in [0.2, 0.25) is 0 Å². The molecule has 102 valence electrons. The molecule has 2 rings (SSSR count). The van der Waals surface area contributed by atoms with Gasteiger partial charge in [0, 0.05) is 18.3 Å². The molecule has 0 radical (unpaired) electrons. The maximum Gasteiger partial charge on any atom is 0.0454 e. The van der Waals surface area contributed by atoms with Gasteiger partial charge in [0.15, 0.2) is 0 Å². The van der Waals surface area contributed by atoms with Crippen LogP contribution in [0, 0.1) is 0 Å². The molecule has 0 aliphatic rings. The average molecular weight is 256 g/mol. The number of unbranched alkanes of at least 4 members (excludes halogenated alkanes) is 2. The quantitative estimate of drug-likeness (QED) is 0.559. The molecule has 1 aromatic carbocycles. The van der Waals surface area contributed by atoms with Crippen LogP contribution in [0.5, 0.6) is 0 Å². The number of likely N-dealkylation sites (N-methyl/N-ethyl adjacent to an activating group) is 1. The molecule has 0 atom stereocenters. The normalized spacial score (nSPS) is 11.3. The number of aromatic nitrogens is 1. The summed E-state index contributed by atoms with van der Waals surface area (Å²) in [5.41, 5.74) is 2.68. The van der Waals surface area contributed by atoms with Crippen molar-refractivity contribution in [1.29, 1.82) is 0 Å². The highest BCUT2D eigenvalue weighted by Gasteiger charge is 1.99. The summed E-state index contributed by atoms with van der Waals surface area (Å²) in [5.74, 6) is 0. The molecule has 0 spiro atoms. The minimum Gasteiger partial charge on any atom is -0.361 e. The highest BCUT2D eigenvalue weighted by Crippen LogP contribution is 2.16. The van der Waals surface area contributed by atoms with E-state index in [1.807, 2.05) is 12.3 Å². The van der Waals surface area contributed by atoms with Crippen LogP contribution in [-0.4, -0.2) is 30.0 Å². The minimum absolute atomic E-state index is 0.990. The number of aryl methyl sites for hydroxylation is 1. The number of aromatic amines is 1. The number of hydrogen-bond donors (Lipinski definition) is 1. The van der Waals surface area contributed by atoms with Crippen molar-refractivity contribution < 1.29 is 0 Å². The van der Waals surface area contributed by atoms with E-state index in [1.165, 1.54) is 48.7 Å². The molecule has 0 saturated carbocycles. The third-order valence-corrected chi connectivity index (χ3v) is 3.56. The Labute approximate surface area is 116 Å². The Bertz CT molecular complexity index is 513. The number of nitrogens with zero attached hydrogens (tertiary/aromatic N) is 1. The fourth-order valence-electron chi connectivity index (χ4n) is 2.46. The Morgan fingerprint density at radius 3 is 2.95 bits per heavy atom. The monoisotopic (exact) mass is 256 g/mol. The zero-order chi connectivity index (χ0) is 13.5. The van der Waals surface area contributed by atoms with Crippen molar-refractivity contribution in [3.05, 3.63) is 48.7 Å². The van der Waals surface area contributed by atoms with Gasteiger partial charge < -0.3 is 9.88 Å². The molecule has 0 aliphatic carbocycles. The summed E-state index contributed by atoms with van der Waals surface area (Å²) < 4.78 is 0. The Morgan fingerprint density at radius 1 is 1.21 bits per heavy atom. The van der Waals surface area contributed by atoms with E-state index in [4.69, 9.17) is 0 Å². The molecule has 1 aromatic heterocycles. The Balaban J connectivity index is 1.69. The van der Waals surface area contributed by atoms with Crippen LogP contribution < -0.4 is 0 Å². The number of benzene rings is 1. The molecule has 2 aromatic rings. The summed E-state index contributed by atoms with van der Waals surface area (Å²) in [6.07, 6.45) is 9.00. The fourth-order valence-corrected chi connectivity index (χ4v) is 2.46. The first-order valence-electron chi connectivity index (χ1n) is 7.15. The number of hydrogen-bond acceptors (Lipinski definition) is 1. The number of nitrogens with one attached hydrogen (secondary N) is 1. The van der Waals surface area contributed by atoms with E-state index in [1.54, 1.807) is 0 Å². The molecule has 1 heterocycles. The predicted molar refractivity (Wildman–Crippen MR) is 83.5 cm³/mol. The third-order valence-electron chi connectivity index (χ3n) is 3.56. The van der Waals surface area contributed by atoms with Crippen LogP contribution in [0.25, 0.3) is 10.9 Å². The van der Waals surface area contributed by atoms with Gasteiger partial charge >= 0.3 is 0 Å². The van der Waals surface area contributed by atoms with Crippen molar-refractivity contribution in [2.24, 2.45) is 0 Å². The second kappa shape index (κ2) is 7.15. The van der Waals surface area contributed by atoms with Gasteiger partial charge in [0.05, 0.1) is 0 Å². The highest BCUT2D eigenvalue weighted by molar-refractivity contribution is 5.79. The molecular formula is C17H24N2. The minimum atomic E-state index is 0.990. The second-order valence-corrected chi connectivity index (χ2v) is 5.26. The molecule has 0 aliphatic heterocycles. The van der Waals surface area contributed by atoms with Gasteiger partial charge in [-0.05, 0) is 62.0 Å². The lowest BCUT2D eigenvalue weighted by molar-refractivity contribution is 0.358.